The number of Topliss-reactive ketones (excluding diaryl/α,β-unsaturated/α-hetero) is 1. The summed E-state index contributed by atoms with van der Waals surface area (Å²) in [4.78, 5) is 23.4. The quantitative estimate of drug-likeness (QED) is 0.434. The SMILES string of the molecule is CCOC(=O)[C@]12CC(Cl)(C#N)[C@](C)(O1)C1(CC1)C2=O. The Morgan fingerprint density at radius 1 is 1.58 bits per heavy atom. The Labute approximate surface area is 115 Å². The van der Waals surface area contributed by atoms with Crippen molar-refractivity contribution in [1.29, 1.82) is 5.26 Å². The molecule has 3 rings (SSSR count). The Bertz CT molecular complexity index is 537. The first-order chi connectivity index (χ1) is 8.82. The number of nitrogens with zero attached hydrogens (tertiary/aromatic N) is 1. The fourth-order valence-corrected chi connectivity index (χ4v) is 4.02. The van der Waals surface area contributed by atoms with Gasteiger partial charge in [-0.25, -0.2) is 4.79 Å². The average molecular weight is 284 g/mol. The second-order valence-electron chi connectivity index (χ2n) is 5.68. The molecule has 1 aliphatic carbocycles. The van der Waals surface area contributed by atoms with Crippen LogP contribution in [0.4, 0.5) is 0 Å². The summed E-state index contributed by atoms with van der Waals surface area (Å²) in [7, 11) is 0. The molecule has 0 aromatic heterocycles. The smallest absolute Gasteiger partial charge is 0.346 e. The zero-order valence-corrected chi connectivity index (χ0v) is 11.5. The normalized spacial score (nSPS) is 45.3. The molecule has 5 nitrogen and oxygen atoms in total. The highest BCUT2D eigenvalue weighted by Crippen LogP contribution is 2.73. The maximum atomic E-state index is 12.6. The van der Waals surface area contributed by atoms with Crippen molar-refractivity contribution < 1.29 is 19.1 Å². The summed E-state index contributed by atoms with van der Waals surface area (Å²) in [5.41, 5.74) is -3.58. The van der Waals surface area contributed by atoms with E-state index in [1.807, 2.05) is 6.07 Å². The molecular weight excluding hydrogens is 270 g/mol. The van der Waals surface area contributed by atoms with Gasteiger partial charge >= 0.3 is 5.97 Å². The van der Waals surface area contributed by atoms with Gasteiger partial charge in [-0.05, 0) is 26.7 Å². The summed E-state index contributed by atoms with van der Waals surface area (Å²) in [6, 6.07) is 2.03. The van der Waals surface area contributed by atoms with Crippen LogP contribution in [0.1, 0.15) is 33.1 Å². The number of halogens is 1. The topological polar surface area (TPSA) is 76.4 Å². The van der Waals surface area contributed by atoms with Crippen molar-refractivity contribution >= 4 is 23.4 Å². The van der Waals surface area contributed by atoms with Gasteiger partial charge in [0.2, 0.25) is 5.60 Å². The van der Waals surface area contributed by atoms with Gasteiger partial charge in [0.05, 0.1) is 18.1 Å². The monoisotopic (exact) mass is 283 g/mol. The Balaban J connectivity index is 2.13. The summed E-state index contributed by atoms with van der Waals surface area (Å²) in [6.07, 6.45) is 1.09. The number of fused-ring (bicyclic) bond motifs is 3. The van der Waals surface area contributed by atoms with Gasteiger partial charge in [0, 0.05) is 6.42 Å². The predicted octanol–water partition coefficient (Wildman–Crippen LogP) is 1.33. The molecule has 0 radical (unpaired) electrons. The van der Waals surface area contributed by atoms with Crippen LogP contribution in [0.2, 0.25) is 0 Å². The maximum absolute atomic E-state index is 12.6. The van der Waals surface area contributed by atoms with Gasteiger partial charge in [-0.3, -0.25) is 4.79 Å². The number of alkyl halides is 1. The molecule has 0 aromatic carbocycles. The Kier molecular flexibility index (Phi) is 2.24. The van der Waals surface area contributed by atoms with E-state index in [2.05, 4.69) is 0 Å². The molecule has 3 atom stereocenters. The molecule has 1 spiro atoms. The van der Waals surface area contributed by atoms with Crippen molar-refractivity contribution in [3.05, 3.63) is 0 Å². The second kappa shape index (κ2) is 3.31. The summed E-state index contributed by atoms with van der Waals surface area (Å²) >= 11 is 6.37. The van der Waals surface area contributed by atoms with E-state index in [0.29, 0.717) is 12.8 Å². The predicted molar refractivity (Wildman–Crippen MR) is 64.3 cm³/mol. The zero-order valence-electron chi connectivity index (χ0n) is 10.8. The standard InChI is InChI=1S/C13H14ClNO4/c1-3-18-9(17)13-6-12(14,7-15)10(2,19-13)11(4-5-11)8(13)16/h3-6H2,1-2H3/t10-,12?,13-/m1/s1. The van der Waals surface area contributed by atoms with Crippen LogP contribution in [-0.4, -0.2) is 34.4 Å². The van der Waals surface area contributed by atoms with E-state index in [1.54, 1.807) is 13.8 Å². The molecule has 19 heavy (non-hydrogen) atoms. The number of ketones is 1. The molecule has 2 heterocycles. The lowest BCUT2D eigenvalue weighted by Gasteiger charge is -2.37. The summed E-state index contributed by atoms with van der Waals surface area (Å²) in [6.45, 7) is 3.48. The molecule has 102 valence electrons. The summed E-state index contributed by atoms with van der Waals surface area (Å²) in [5, 5.41) is 9.36. The zero-order chi connectivity index (χ0) is 14.1. The molecule has 0 aromatic rings. The van der Waals surface area contributed by atoms with Crippen molar-refractivity contribution in [2.45, 2.75) is 49.2 Å². The van der Waals surface area contributed by atoms with Crippen LogP contribution < -0.4 is 0 Å². The minimum atomic E-state index is -1.68. The Morgan fingerprint density at radius 2 is 2.21 bits per heavy atom. The largest absolute Gasteiger partial charge is 0.464 e. The van der Waals surface area contributed by atoms with Gasteiger partial charge < -0.3 is 9.47 Å². The van der Waals surface area contributed by atoms with Crippen molar-refractivity contribution in [2.24, 2.45) is 5.41 Å². The molecule has 2 aliphatic heterocycles. The number of ether oxygens (including phenoxy) is 2. The van der Waals surface area contributed by atoms with Crippen LogP contribution in [0.3, 0.4) is 0 Å². The van der Waals surface area contributed by atoms with Crippen LogP contribution >= 0.6 is 11.6 Å². The van der Waals surface area contributed by atoms with E-state index in [0.717, 1.165) is 0 Å². The van der Waals surface area contributed by atoms with Crippen LogP contribution in [0.25, 0.3) is 0 Å². The van der Waals surface area contributed by atoms with E-state index in [1.165, 1.54) is 0 Å². The maximum Gasteiger partial charge on any atom is 0.346 e. The van der Waals surface area contributed by atoms with Crippen LogP contribution in [-0.2, 0) is 19.1 Å². The van der Waals surface area contributed by atoms with Gasteiger partial charge in [0.25, 0.3) is 0 Å². The van der Waals surface area contributed by atoms with Gasteiger partial charge in [0.1, 0.15) is 5.60 Å². The van der Waals surface area contributed by atoms with Crippen molar-refractivity contribution in [3.63, 3.8) is 0 Å². The van der Waals surface area contributed by atoms with E-state index < -0.39 is 27.5 Å². The second-order valence-corrected chi connectivity index (χ2v) is 6.33. The third kappa shape index (κ3) is 1.12. The first-order valence-corrected chi connectivity index (χ1v) is 6.72. The number of carbonyl (C=O) groups is 2. The van der Waals surface area contributed by atoms with Crippen molar-refractivity contribution in [2.75, 3.05) is 6.61 Å². The molecular formula is C13H14ClNO4. The number of hydrogen-bond donors (Lipinski definition) is 0. The van der Waals surface area contributed by atoms with Crippen LogP contribution in [0.5, 0.6) is 0 Å². The molecule has 0 N–H and O–H groups in total. The Hall–Kier alpha value is -1.12. The number of esters is 1. The average Bonchev–Trinajstić information content (AvgIpc) is 3.10. The molecule has 3 aliphatic rings. The number of hydrogen-bond acceptors (Lipinski definition) is 5. The highest BCUT2D eigenvalue weighted by molar-refractivity contribution is 6.30. The fraction of sp³-hybridized carbons (Fsp3) is 0.769. The first kappa shape index (κ1) is 12.9. The third-order valence-electron chi connectivity index (χ3n) is 4.87. The van der Waals surface area contributed by atoms with Gasteiger partial charge in [-0.2, -0.15) is 5.26 Å². The summed E-state index contributed by atoms with van der Waals surface area (Å²) in [5.74, 6) is -0.972. The lowest BCUT2D eigenvalue weighted by atomic mass is 9.65. The van der Waals surface area contributed by atoms with Gasteiger partial charge in [-0.1, -0.05) is 11.6 Å². The lowest BCUT2D eigenvalue weighted by Crippen LogP contribution is -2.57. The third-order valence-corrected chi connectivity index (χ3v) is 5.45. The fourth-order valence-electron chi connectivity index (χ4n) is 3.61. The minimum absolute atomic E-state index is 0.131. The van der Waals surface area contributed by atoms with Crippen LogP contribution in [0.15, 0.2) is 0 Å². The molecule has 2 saturated heterocycles. The van der Waals surface area contributed by atoms with E-state index in [-0.39, 0.29) is 18.8 Å². The van der Waals surface area contributed by atoms with Gasteiger partial charge in [-0.15, -0.1) is 0 Å². The Morgan fingerprint density at radius 3 is 2.68 bits per heavy atom. The first-order valence-electron chi connectivity index (χ1n) is 6.34. The lowest BCUT2D eigenvalue weighted by molar-refractivity contribution is -0.170. The van der Waals surface area contributed by atoms with E-state index in [9.17, 15) is 14.9 Å². The highest BCUT2D eigenvalue weighted by atomic mass is 35.5. The van der Waals surface area contributed by atoms with E-state index in [4.69, 9.17) is 21.1 Å². The molecule has 1 unspecified atom stereocenters. The molecule has 0 amide bonds. The van der Waals surface area contributed by atoms with Gasteiger partial charge in [0.15, 0.2) is 10.7 Å². The number of rotatable bonds is 2. The van der Waals surface area contributed by atoms with Crippen LogP contribution in [0, 0.1) is 16.7 Å². The summed E-state index contributed by atoms with van der Waals surface area (Å²) < 4.78 is 10.7. The molecule has 6 heteroatoms. The van der Waals surface area contributed by atoms with Crippen molar-refractivity contribution in [3.8, 4) is 6.07 Å². The number of nitriles is 1. The van der Waals surface area contributed by atoms with Crippen molar-refractivity contribution in [1.82, 2.24) is 0 Å². The molecule has 2 bridgehead atoms. The minimum Gasteiger partial charge on any atom is -0.464 e. The molecule has 3 fully saturated rings. The van der Waals surface area contributed by atoms with E-state index >= 15 is 0 Å². The number of carbonyl (C=O) groups excluding carboxylic acids is 2. The highest BCUT2D eigenvalue weighted by Gasteiger charge is 2.88. The molecule has 1 saturated carbocycles.